The molecule has 7 heteroatoms. The van der Waals surface area contributed by atoms with Crippen LogP contribution in [-0.4, -0.2) is 42.3 Å². The van der Waals surface area contributed by atoms with Gasteiger partial charge in [-0.25, -0.2) is 9.59 Å². The Bertz CT molecular complexity index is 961. The van der Waals surface area contributed by atoms with Gasteiger partial charge in [-0.3, -0.25) is 4.79 Å². The molecule has 0 radical (unpaired) electrons. The third kappa shape index (κ3) is 6.37. The highest BCUT2D eigenvalue weighted by Gasteiger charge is 2.29. The van der Waals surface area contributed by atoms with E-state index in [9.17, 15) is 19.5 Å². The number of alkyl carbamates (subject to hydrolysis) is 1. The van der Waals surface area contributed by atoms with Crippen LogP contribution >= 0.6 is 0 Å². The Labute approximate surface area is 200 Å². The fourth-order valence-corrected chi connectivity index (χ4v) is 4.36. The Morgan fingerprint density at radius 2 is 1.59 bits per heavy atom. The van der Waals surface area contributed by atoms with E-state index in [1.807, 2.05) is 31.2 Å². The fourth-order valence-electron chi connectivity index (χ4n) is 4.36. The van der Waals surface area contributed by atoms with E-state index in [1.165, 1.54) is 11.1 Å². The topological polar surface area (TPSA) is 105 Å². The largest absolute Gasteiger partial charge is 0.480 e. The molecular weight excluding hydrogens is 432 g/mol. The van der Waals surface area contributed by atoms with E-state index in [0.29, 0.717) is 25.8 Å². The van der Waals surface area contributed by atoms with Gasteiger partial charge in [-0.2, -0.15) is 0 Å². The summed E-state index contributed by atoms with van der Waals surface area (Å²) in [6.45, 7) is 4.38. The molecule has 182 valence electrons. The van der Waals surface area contributed by atoms with Crippen molar-refractivity contribution in [2.24, 2.45) is 5.92 Å². The van der Waals surface area contributed by atoms with E-state index in [1.54, 1.807) is 6.92 Å². The highest BCUT2D eigenvalue weighted by molar-refractivity contribution is 5.84. The third-order valence-electron chi connectivity index (χ3n) is 6.34. The molecule has 3 N–H and O–H groups in total. The average Bonchev–Trinajstić information content (AvgIpc) is 3.16. The van der Waals surface area contributed by atoms with Crippen LogP contribution < -0.4 is 10.6 Å². The quantitative estimate of drug-likeness (QED) is 0.393. The number of unbranched alkanes of at least 4 members (excludes halogenated alkanes) is 1. The maximum Gasteiger partial charge on any atom is 0.407 e. The Morgan fingerprint density at radius 1 is 0.971 bits per heavy atom. The molecular formula is C27H34N2O5. The molecule has 0 aliphatic heterocycles. The molecule has 2 aromatic rings. The second kappa shape index (κ2) is 12.2. The summed E-state index contributed by atoms with van der Waals surface area (Å²) in [7, 11) is 0. The van der Waals surface area contributed by atoms with Gasteiger partial charge < -0.3 is 20.5 Å². The Balaban J connectivity index is 1.40. The van der Waals surface area contributed by atoms with Crippen molar-refractivity contribution >= 4 is 18.0 Å². The normalized spacial score (nSPS) is 13.9. The molecule has 3 rings (SSSR count). The van der Waals surface area contributed by atoms with Gasteiger partial charge in [-0.1, -0.05) is 75.2 Å². The number of carbonyl (C=O) groups excluding carboxylic acids is 2. The molecule has 1 aliphatic rings. The summed E-state index contributed by atoms with van der Waals surface area (Å²) >= 11 is 0. The number of ether oxygens (including phenoxy) is 1. The first-order valence-electron chi connectivity index (χ1n) is 12.0. The average molecular weight is 467 g/mol. The smallest absolute Gasteiger partial charge is 0.407 e. The minimum absolute atomic E-state index is 0.0109. The number of benzene rings is 2. The lowest BCUT2D eigenvalue weighted by Gasteiger charge is -2.18. The van der Waals surface area contributed by atoms with Crippen LogP contribution in [0.25, 0.3) is 11.1 Å². The summed E-state index contributed by atoms with van der Waals surface area (Å²) in [4.78, 5) is 35.9. The monoisotopic (exact) mass is 466 g/mol. The Morgan fingerprint density at radius 3 is 2.18 bits per heavy atom. The molecule has 0 fully saturated rings. The molecule has 0 saturated carbocycles. The van der Waals surface area contributed by atoms with E-state index < -0.39 is 18.1 Å². The molecule has 0 heterocycles. The number of carboxylic acids is 1. The molecule has 34 heavy (non-hydrogen) atoms. The lowest BCUT2D eigenvalue weighted by Crippen LogP contribution is -2.43. The van der Waals surface area contributed by atoms with Crippen molar-refractivity contribution in [3.8, 4) is 11.1 Å². The Hall–Kier alpha value is -3.35. The molecule has 1 aliphatic carbocycles. The molecule has 2 amide bonds. The summed E-state index contributed by atoms with van der Waals surface area (Å²) in [5.41, 5.74) is 4.68. The standard InChI is InChI=1S/C27H34N2O5/c1-3-4-15-24(26(31)32)29-25(30)18(2)10-9-16-28-27(33)34-17-23-21-13-7-5-11-19(21)20-12-6-8-14-22(20)23/h5-8,11-14,18,23-24H,3-4,9-10,15-17H2,1-2H3,(H,28,33)(H,29,30)(H,31,32)/t18?,24-/m0/s1. The van der Waals surface area contributed by atoms with Gasteiger partial charge in [0.1, 0.15) is 12.6 Å². The van der Waals surface area contributed by atoms with Gasteiger partial charge in [0.05, 0.1) is 0 Å². The Kier molecular flexibility index (Phi) is 9.08. The molecule has 0 spiro atoms. The van der Waals surface area contributed by atoms with Crippen molar-refractivity contribution < 1.29 is 24.2 Å². The number of nitrogens with one attached hydrogen (secondary N) is 2. The molecule has 0 aromatic heterocycles. The van der Waals surface area contributed by atoms with Crippen molar-refractivity contribution in [2.45, 2.75) is 57.9 Å². The van der Waals surface area contributed by atoms with Crippen LogP contribution in [0.4, 0.5) is 4.79 Å². The van der Waals surface area contributed by atoms with E-state index >= 15 is 0 Å². The van der Waals surface area contributed by atoms with Gasteiger partial charge in [-0.05, 0) is 41.5 Å². The van der Waals surface area contributed by atoms with Crippen LogP contribution in [0.3, 0.4) is 0 Å². The van der Waals surface area contributed by atoms with Gasteiger partial charge >= 0.3 is 12.1 Å². The van der Waals surface area contributed by atoms with Gasteiger partial charge in [0, 0.05) is 18.4 Å². The molecule has 0 saturated heterocycles. The van der Waals surface area contributed by atoms with Crippen LogP contribution in [0.15, 0.2) is 48.5 Å². The molecule has 2 aromatic carbocycles. The molecule has 0 bridgehead atoms. The molecule has 1 unspecified atom stereocenters. The second-order valence-corrected chi connectivity index (χ2v) is 8.84. The minimum atomic E-state index is -1.01. The van der Waals surface area contributed by atoms with Gasteiger partial charge in [0.15, 0.2) is 0 Å². The van der Waals surface area contributed by atoms with Gasteiger partial charge in [0.2, 0.25) is 5.91 Å². The SMILES string of the molecule is CCCC[C@H](NC(=O)C(C)CCCNC(=O)OCC1c2ccccc2-c2ccccc21)C(=O)O. The van der Waals surface area contributed by atoms with E-state index in [4.69, 9.17) is 4.74 Å². The first kappa shape index (κ1) is 25.3. The number of carboxylic acid groups (broad SMARTS) is 1. The summed E-state index contributed by atoms with van der Waals surface area (Å²) in [5.74, 6) is -1.61. The number of amides is 2. The maximum absolute atomic E-state index is 12.3. The number of rotatable bonds is 12. The van der Waals surface area contributed by atoms with Crippen molar-refractivity contribution in [2.75, 3.05) is 13.2 Å². The zero-order chi connectivity index (χ0) is 24.5. The number of carbonyl (C=O) groups is 3. The first-order chi connectivity index (χ1) is 16.4. The van der Waals surface area contributed by atoms with Crippen LogP contribution in [0.2, 0.25) is 0 Å². The van der Waals surface area contributed by atoms with Crippen molar-refractivity contribution in [3.63, 3.8) is 0 Å². The van der Waals surface area contributed by atoms with Crippen molar-refractivity contribution in [3.05, 3.63) is 59.7 Å². The third-order valence-corrected chi connectivity index (χ3v) is 6.34. The first-order valence-corrected chi connectivity index (χ1v) is 12.0. The molecule has 7 nitrogen and oxygen atoms in total. The van der Waals surface area contributed by atoms with E-state index in [0.717, 1.165) is 24.0 Å². The summed E-state index contributed by atoms with van der Waals surface area (Å²) in [6, 6.07) is 15.5. The zero-order valence-electron chi connectivity index (χ0n) is 19.9. The van der Waals surface area contributed by atoms with Crippen LogP contribution in [0.5, 0.6) is 0 Å². The van der Waals surface area contributed by atoms with Crippen molar-refractivity contribution in [1.29, 1.82) is 0 Å². The van der Waals surface area contributed by atoms with Crippen LogP contribution in [0.1, 0.15) is 63.0 Å². The predicted octanol–water partition coefficient (Wildman–Crippen LogP) is 4.70. The predicted molar refractivity (Wildman–Crippen MR) is 131 cm³/mol. The number of fused-ring (bicyclic) bond motifs is 3. The minimum Gasteiger partial charge on any atom is -0.480 e. The maximum atomic E-state index is 12.3. The number of hydrogen-bond acceptors (Lipinski definition) is 4. The van der Waals surface area contributed by atoms with Gasteiger partial charge in [-0.15, -0.1) is 0 Å². The summed E-state index contributed by atoms with van der Waals surface area (Å²) in [6.07, 6.45) is 2.69. The van der Waals surface area contributed by atoms with Crippen LogP contribution in [0, 0.1) is 5.92 Å². The molecule has 2 atom stereocenters. The lowest BCUT2D eigenvalue weighted by molar-refractivity contribution is -0.142. The summed E-state index contributed by atoms with van der Waals surface area (Å²) in [5, 5.41) is 14.6. The fraction of sp³-hybridized carbons (Fsp3) is 0.444. The van der Waals surface area contributed by atoms with Crippen LogP contribution in [-0.2, 0) is 14.3 Å². The van der Waals surface area contributed by atoms with E-state index in [2.05, 4.69) is 34.9 Å². The highest BCUT2D eigenvalue weighted by Crippen LogP contribution is 2.44. The van der Waals surface area contributed by atoms with Gasteiger partial charge in [0.25, 0.3) is 0 Å². The lowest BCUT2D eigenvalue weighted by atomic mass is 9.98. The number of aliphatic carboxylic acids is 1. The highest BCUT2D eigenvalue weighted by atomic mass is 16.5. The van der Waals surface area contributed by atoms with E-state index in [-0.39, 0.29) is 24.3 Å². The zero-order valence-corrected chi connectivity index (χ0v) is 19.9. The number of hydrogen-bond donors (Lipinski definition) is 3. The second-order valence-electron chi connectivity index (χ2n) is 8.84. The summed E-state index contributed by atoms with van der Waals surface area (Å²) < 4.78 is 5.52. The van der Waals surface area contributed by atoms with Crippen molar-refractivity contribution in [1.82, 2.24) is 10.6 Å².